The molecule has 0 aromatic carbocycles. The van der Waals surface area contributed by atoms with Gasteiger partial charge in [-0.3, -0.25) is 10.1 Å². The van der Waals surface area contributed by atoms with E-state index in [4.69, 9.17) is 0 Å². The summed E-state index contributed by atoms with van der Waals surface area (Å²) < 4.78 is 1.66. The molecule has 0 aliphatic rings. The Balaban J connectivity index is 1.53. The molecule has 1 amide bonds. The minimum atomic E-state index is -0.305. The fourth-order valence-corrected chi connectivity index (χ4v) is 8.40. The highest BCUT2D eigenvalue weighted by molar-refractivity contribution is 8.77. The summed E-state index contributed by atoms with van der Waals surface area (Å²) in [6.07, 6.45) is 1.64. The number of aromatic nitrogens is 6. The van der Waals surface area contributed by atoms with Crippen molar-refractivity contribution >= 4 is 88.2 Å². The van der Waals surface area contributed by atoms with Crippen LogP contribution in [-0.4, -0.2) is 36.3 Å². The maximum absolute atomic E-state index is 12.9. The molecule has 0 bridgehead atoms. The van der Waals surface area contributed by atoms with Crippen molar-refractivity contribution in [2.45, 2.75) is 32.4 Å². The van der Waals surface area contributed by atoms with Crippen molar-refractivity contribution in [2.24, 2.45) is 0 Å². The molecule has 1 N–H and O–H groups in total. The zero-order valence-electron chi connectivity index (χ0n) is 15.3. The predicted molar refractivity (Wildman–Crippen MR) is 127 cm³/mol. The van der Waals surface area contributed by atoms with Crippen LogP contribution in [0.3, 0.4) is 0 Å². The van der Waals surface area contributed by atoms with Crippen molar-refractivity contribution in [3.8, 4) is 0 Å². The first-order chi connectivity index (χ1) is 14.6. The Kier molecular flexibility index (Phi) is 7.61. The third kappa shape index (κ3) is 5.93. The Morgan fingerprint density at radius 3 is 2.23 bits per heavy atom. The van der Waals surface area contributed by atoms with Crippen LogP contribution in [0.25, 0.3) is 0 Å². The lowest BCUT2D eigenvalue weighted by Gasteiger charge is -2.08. The van der Waals surface area contributed by atoms with Gasteiger partial charge in [0.25, 0.3) is 5.91 Å². The van der Waals surface area contributed by atoms with Gasteiger partial charge in [0, 0.05) is 11.6 Å². The van der Waals surface area contributed by atoms with E-state index < -0.39 is 0 Å². The highest BCUT2D eigenvalue weighted by Gasteiger charge is 2.18. The molecule has 30 heavy (non-hydrogen) atoms. The van der Waals surface area contributed by atoms with Crippen LogP contribution in [0.1, 0.15) is 20.5 Å². The van der Waals surface area contributed by atoms with E-state index in [2.05, 4.69) is 35.7 Å². The largest absolute Gasteiger partial charge is 0.296 e. The van der Waals surface area contributed by atoms with Gasteiger partial charge in [0.05, 0.1) is 4.90 Å². The third-order valence-corrected chi connectivity index (χ3v) is 10.7. The van der Waals surface area contributed by atoms with Gasteiger partial charge in [0.15, 0.2) is 13.8 Å². The Labute approximate surface area is 199 Å². The van der Waals surface area contributed by atoms with E-state index in [0.717, 1.165) is 23.6 Å². The smallest absolute Gasteiger partial charge is 0.277 e. The summed E-state index contributed by atoms with van der Waals surface area (Å²) in [4.78, 5) is 22.3. The standard InChI is InChI=1S/C15H11N7OS7/c1-7-19-21-14(25-7)29-27-9-3-4-10(28-30-15-22-20-8(2)26-15)17-11(9)12(23)18-13-16-5-6-24-13/h3-6H,1-2H3,(H,16,18,23). The molecular weight excluding hydrogens is 519 g/mol. The number of thiazole rings is 1. The fraction of sp³-hybridized carbons (Fsp3) is 0.133. The number of rotatable bonds is 8. The topological polar surface area (TPSA) is 106 Å². The summed E-state index contributed by atoms with van der Waals surface area (Å²) in [5.74, 6) is -0.305. The molecule has 0 saturated heterocycles. The van der Waals surface area contributed by atoms with Crippen LogP contribution in [0, 0.1) is 13.8 Å². The molecule has 4 aromatic heterocycles. The van der Waals surface area contributed by atoms with Gasteiger partial charge in [-0.05, 0) is 69.2 Å². The first-order valence-electron chi connectivity index (χ1n) is 8.08. The number of nitrogens with zero attached hydrogens (tertiary/aromatic N) is 6. The van der Waals surface area contributed by atoms with Crippen LogP contribution in [-0.2, 0) is 0 Å². The second kappa shape index (κ2) is 10.4. The molecule has 8 nitrogen and oxygen atoms in total. The maximum Gasteiger partial charge on any atom is 0.277 e. The lowest BCUT2D eigenvalue weighted by molar-refractivity contribution is 0.101. The van der Waals surface area contributed by atoms with E-state index in [1.54, 1.807) is 11.6 Å². The molecule has 4 heterocycles. The highest BCUT2D eigenvalue weighted by Crippen LogP contribution is 2.42. The van der Waals surface area contributed by atoms with E-state index in [0.29, 0.717) is 15.9 Å². The second-order valence-electron chi connectivity index (χ2n) is 5.29. The maximum atomic E-state index is 12.9. The van der Waals surface area contributed by atoms with Crippen LogP contribution >= 0.6 is 77.2 Å². The number of aryl methyl sites for hydroxylation is 2. The first kappa shape index (κ1) is 22.0. The van der Waals surface area contributed by atoms with Crippen molar-refractivity contribution < 1.29 is 4.79 Å². The molecule has 0 atom stereocenters. The molecule has 15 heteroatoms. The van der Waals surface area contributed by atoms with Crippen molar-refractivity contribution in [1.29, 1.82) is 0 Å². The van der Waals surface area contributed by atoms with Gasteiger partial charge < -0.3 is 0 Å². The van der Waals surface area contributed by atoms with E-state index in [1.807, 2.05) is 26.0 Å². The Morgan fingerprint density at radius 1 is 0.933 bits per heavy atom. The zero-order chi connectivity index (χ0) is 20.9. The molecule has 4 rings (SSSR count). The first-order valence-corrected chi connectivity index (χ1v) is 14.9. The van der Waals surface area contributed by atoms with E-state index >= 15 is 0 Å². The summed E-state index contributed by atoms with van der Waals surface area (Å²) in [5.41, 5.74) is 0.336. The van der Waals surface area contributed by atoms with Crippen molar-refractivity contribution in [2.75, 3.05) is 5.32 Å². The summed E-state index contributed by atoms with van der Waals surface area (Å²) in [5, 5.41) is 23.9. The Bertz CT molecular complexity index is 1140. The monoisotopic (exact) mass is 529 g/mol. The predicted octanol–water partition coefficient (Wildman–Crippen LogP) is 5.71. The highest BCUT2D eigenvalue weighted by atomic mass is 33.1. The average molecular weight is 530 g/mol. The van der Waals surface area contributed by atoms with Crippen LogP contribution in [0.15, 0.2) is 42.3 Å². The fourth-order valence-electron chi connectivity index (χ4n) is 1.93. The Hall–Kier alpha value is -1.23. The van der Waals surface area contributed by atoms with Gasteiger partial charge >= 0.3 is 0 Å². The third-order valence-electron chi connectivity index (χ3n) is 3.12. The van der Waals surface area contributed by atoms with Crippen molar-refractivity contribution in [3.63, 3.8) is 0 Å². The minimum Gasteiger partial charge on any atom is -0.296 e. The summed E-state index contributed by atoms with van der Waals surface area (Å²) in [6, 6.07) is 3.78. The van der Waals surface area contributed by atoms with Gasteiger partial charge in [0.1, 0.15) is 20.7 Å². The van der Waals surface area contributed by atoms with Crippen LogP contribution in [0.5, 0.6) is 0 Å². The van der Waals surface area contributed by atoms with Crippen LogP contribution < -0.4 is 5.32 Å². The molecular formula is C15H11N7OS7. The molecule has 0 spiro atoms. The molecule has 0 radical (unpaired) electrons. The van der Waals surface area contributed by atoms with Crippen LogP contribution in [0.2, 0.25) is 0 Å². The van der Waals surface area contributed by atoms with E-state index in [1.165, 1.54) is 77.2 Å². The van der Waals surface area contributed by atoms with Gasteiger partial charge in [-0.2, -0.15) is 0 Å². The number of carbonyl (C=O) groups is 1. The summed E-state index contributed by atoms with van der Waals surface area (Å²) in [6.45, 7) is 3.82. The molecule has 0 aliphatic carbocycles. The van der Waals surface area contributed by atoms with E-state index in [9.17, 15) is 4.79 Å². The van der Waals surface area contributed by atoms with E-state index in [-0.39, 0.29) is 5.91 Å². The number of hydrogen-bond acceptors (Lipinski definition) is 14. The van der Waals surface area contributed by atoms with Gasteiger partial charge in [-0.25, -0.2) is 9.97 Å². The van der Waals surface area contributed by atoms with Gasteiger partial charge in [-0.15, -0.1) is 31.7 Å². The molecule has 0 unspecified atom stereocenters. The summed E-state index contributed by atoms with van der Waals surface area (Å²) in [7, 11) is 5.79. The average Bonchev–Trinajstić information content (AvgIpc) is 3.48. The zero-order valence-corrected chi connectivity index (χ0v) is 21.0. The molecule has 4 aromatic rings. The van der Waals surface area contributed by atoms with Gasteiger partial charge in [0.2, 0.25) is 0 Å². The number of amides is 1. The lowest BCUT2D eigenvalue weighted by Crippen LogP contribution is -2.15. The van der Waals surface area contributed by atoms with Crippen molar-refractivity contribution in [1.82, 2.24) is 30.4 Å². The van der Waals surface area contributed by atoms with Crippen LogP contribution in [0.4, 0.5) is 5.13 Å². The number of anilines is 1. The number of pyridine rings is 1. The quantitative estimate of drug-likeness (QED) is 0.284. The molecule has 0 aliphatic heterocycles. The summed E-state index contributed by atoms with van der Waals surface area (Å²) >= 11 is 4.38. The number of hydrogen-bond donors (Lipinski definition) is 1. The second-order valence-corrected chi connectivity index (χ2v) is 13.4. The normalized spacial score (nSPS) is 11.0. The molecule has 0 saturated carbocycles. The van der Waals surface area contributed by atoms with Crippen molar-refractivity contribution in [3.05, 3.63) is 39.4 Å². The Morgan fingerprint density at radius 2 is 1.63 bits per heavy atom. The van der Waals surface area contributed by atoms with Gasteiger partial charge in [-0.1, -0.05) is 22.7 Å². The minimum absolute atomic E-state index is 0.305. The molecule has 154 valence electrons. The molecule has 0 fully saturated rings. The number of nitrogens with one attached hydrogen (secondary N) is 1. The lowest BCUT2D eigenvalue weighted by atomic mass is 10.3. The number of carbonyl (C=O) groups excluding carboxylic acids is 1. The SMILES string of the molecule is Cc1nnc(SSc2ccc(SSc3nnc(C)s3)c(C(=O)Nc3nccs3)n2)s1.